The van der Waals surface area contributed by atoms with Gasteiger partial charge in [-0.15, -0.1) is 0 Å². The largest absolute Gasteiger partial charge is 0.467 e. The highest BCUT2D eigenvalue weighted by Gasteiger charge is 2.13. The summed E-state index contributed by atoms with van der Waals surface area (Å²) in [4.78, 5) is 20.4. The summed E-state index contributed by atoms with van der Waals surface area (Å²) in [6, 6.07) is 7.55. The molecule has 0 radical (unpaired) electrons. The summed E-state index contributed by atoms with van der Waals surface area (Å²) in [5.74, 6) is -0.164. The average Bonchev–Trinajstić information content (AvgIpc) is 2.45. The third kappa shape index (κ3) is 3.70. The van der Waals surface area contributed by atoms with Crippen LogP contribution in [0.2, 0.25) is 5.02 Å². The van der Waals surface area contributed by atoms with Gasteiger partial charge in [0.15, 0.2) is 0 Å². The zero-order valence-electron chi connectivity index (χ0n) is 12.1. The lowest BCUT2D eigenvalue weighted by atomic mass is 10.1. The number of carbonyl (C=O) groups is 1. The molecule has 110 valence electrons. The highest BCUT2D eigenvalue weighted by atomic mass is 35.5. The van der Waals surface area contributed by atoms with Crippen molar-refractivity contribution in [3.63, 3.8) is 0 Å². The first-order valence-electron chi connectivity index (χ1n) is 6.43. The number of rotatable bonds is 4. The van der Waals surface area contributed by atoms with Crippen molar-refractivity contribution in [1.29, 1.82) is 0 Å². The molecule has 1 aromatic heterocycles. The smallest absolute Gasteiger partial charge is 0.316 e. The van der Waals surface area contributed by atoms with E-state index in [1.165, 1.54) is 7.11 Å². The molecule has 1 N–H and O–H groups in total. The van der Waals surface area contributed by atoms with Crippen molar-refractivity contribution < 1.29 is 9.53 Å². The van der Waals surface area contributed by atoms with Gasteiger partial charge in [-0.05, 0) is 25.5 Å². The molecule has 21 heavy (non-hydrogen) atoms. The Bertz CT molecular complexity index is 651. The number of aryl methyl sites for hydroxylation is 2. The summed E-state index contributed by atoms with van der Waals surface area (Å²) in [5.41, 5.74) is 2.70. The van der Waals surface area contributed by atoms with Crippen LogP contribution in [0.15, 0.2) is 24.3 Å². The van der Waals surface area contributed by atoms with Gasteiger partial charge in [0, 0.05) is 5.02 Å². The molecule has 0 unspecified atom stereocenters. The Morgan fingerprint density at radius 3 is 2.43 bits per heavy atom. The van der Waals surface area contributed by atoms with Crippen LogP contribution in [0.1, 0.15) is 17.0 Å². The number of halogens is 1. The van der Waals surface area contributed by atoms with Crippen molar-refractivity contribution in [3.05, 3.63) is 46.2 Å². The minimum Gasteiger partial charge on any atom is -0.467 e. The lowest BCUT2D eigenvalue weighted by molar-refractivity contribution is -0.115. The maximum absolute atomic E-state index is 12.1. The first-order valence-corrected chi connectivity index (χ1v) is 6.81. The van der Waals surface area contributed by atoms with Crippen LogP contribution >= 0.6 is 11.6 Å². The first kappa shape index (κ1) is 15.3. The minimum absolute atomic E-state index is 0.164. The van der Waals surface area contributed by atoms with Crippen LogP contribution in [0.4, 0.5) is 5.69 Å². The third-order valence-corrected chi connectivity index (χ3v) is 3.37. The molecular formula is C15H16ClN3O2. The van der Waals surface area contributed by atoms with Gasteiger partial charge in [0.1, 0.15) is 0 Å². The highest BCUT2D eigenvalue weighted by molar-refractivity contribution is 6.31. The van der Waals surface area contributed by atoms with Crippen molar-refractivity contribution >= 4 is 23.2 Å². The fourth-order valence-electron chi connectivity index (χ4n) is 1.96. The zero-order valence-corrected chi connectivity index (χ0v) is 12.9. The fraction of sp³-hybridized carbons (Fsp3) is 0.267. The van der Waals surface area contributed by atoms with Crippen LogP contribution in [0.25, 0.3) is 0 Å². The molecule has 0 bridgehead atoms. The van der Waals surface area contributed by atoms with Gasteiger partial charge < -0.3 is 10.1 Å². The number of benzene rings is 1. The number of hydrogen-bond donors (Lipinski definition) is 1. The fourth-order valence-corrected chi connectivity index (χ4v) is 2.16. The number of methoxy groups -OCH3 is 1. The topological polar surface area (TPSA) is 64.1 Å². The summed E-state index contributed by atoms with van der Waals surface area (Å²) in [6.45, 7) is 3.59. The predicted octanol–water partition coefficient (Wildman–Crippen LogP) is 2.94. The lowest BCUT2D eigenvalue weighted by Gasteiger charge is -2.12. The summed E-state index contributed by atoms with van der Waals surface area (Å²) < 4.78 is 4.99. The number of carbonyl (C=O) groups excluding carboxylic acids is 1. The quantitative estimate of drug-likeness (QED) is 0.943. The van der Waals surface area contributed by atoms with E-state index in [1.54, 1.807) is 19.9 Å². The Balaban J connectivity index is 2.15. The van der Waals surface area contributed by atoms with Crippen molar-refractivity contribution in [2.24, 2.45) is 0 Å². The zero-order chi connectivity index (χ0) is 15.4. The molecule has 1 aromatic carbocycles. The minimum atomic E-state index is -0.164. The Morgan fingerprint density at radius 2 is 1.86 bits per heavy atom. The van der Waals surface area contributed by atoms with Crippen molar-refractivity contribution in [1.82, 2.24) is 9.97 Å². The van der Waals surface area contributed by atoms with Crippen LogP contribution in [-0.2, 0) is 11.2 Å². The van der Waals surface area contributed by atoms with E-state index in [9.17, 15) is 4.79 Å². The maximum Gasteiger partial charge on any atom is 0.316 e. The molecule has 0 aliphatic heterocycles. The molecule has 1 amide bonds. The maximum atomic E-state index is 12.1. The summed E-state index contributed by atoms with van der Waals surface area (Å²) in [5, 5.41) is 3.40. The van der Waals surface area contributed by atoms with E-state index in [4.69, 9.17) is 16.3 Å². The van der Waals surface area contributed by atoms with E-state index >= 15 is 0 Å². The molecule has 0 spiro atoms. The van der Waals surface area contributed by atoms with Crippen molar-refractivity contribution in [3.8, 4) is 6.01 Å². The monoisotopic (exact) mass is 305 g/mol. The predicted molar refractivity (Wildman–Crippen MR) is 81.8 cm³/mol. The molecule has 5 nitrogen and oxygen atoms in total. The molecule has 0 saturated heterocycles. The number of amides is 1. The molecule has 6 heteroatoms. The summed E-state index contributed by atoms with van der Waals surface area (Å²) >= 11 is 6.05. The molecule has 1 heterocycles. The van der Waals surface area contributed by atoms with Crippen LogP contribution < -0.4 is 10.1 Å². The van der Waals surface area contributed by atoms with Gasteiger partial charge >= 0.3 is 6.01 Å². The molecular weight excluding hydrogens is 290 g/mol. The van der Waals surface area contributed by atoms with Gasteiger partial charge in [0.2, 0.25) is 5.91 Å². The molecule has 0 atom stereocenters. The second-order valence-electron chi connectivity index (χ2n) is 4.57. The Labute approximate surface area is 128 Å². The van der Waals surface area contributed by atoms with Gasteiger partial charge in [0.25, 0.3) is 0 Å². The van der Waals surface area contributed by atoms with E-state index in [1.807, 2.05) is 18.2 Å². The molecule has 0 fully saturated rings. The number of nitrogens with zero attached hydrogens (tertiary/aromatic N) is 2. The van der Waals surface area contributed by atoms with E-state index in [-0.39, 0.29) is 18.3 Å². The molecule has 2 aromatic rings. The van der Waals surface area contributed by atoms with Crippen LogP contribution in [0.5, 0.6) is 6.01 Å². The van der Waals surface area contributed by atoms with Gasteiger partial charge in [-0.2, -0.15) is 9.97 Å². The van der Waals surface area contributed by atoms with E-state index in [0.29, 0.717) is 22.1 Å². The number of aromatic nitrogens is 2. The SMILES string of the molecule is COc1nc(C)c(NC(=O)Cc2ccccc2Cl)c(C)n1. The second-order valence-corrected chi connectivity index (χ2v) is 4.98. The van der Waals surface area contributed by atoms with Gasteiger partial charge in [-0.3, -0.25) is 4.79 Å². The van der Waals surface area contributed by atoms with Crippen LogP contribution in [-0.4, -0.2) is 23.0 Å². The number of nitrogens with one attached hydrogen (secondary N) is 1. The number of hydrogen-bond acceptors (Lipinski definition) is 4. The number of ether oxygens (including phenoxy) is 1. The van der Waals surface area contributed by atoms with E-state index in [2.05, 4.69) is 15.3 Å². The first-order chi connectivity index (χ1) is 10.0. The average molecular weight is 306 g/mol. The standard InChI is InChI=1S/C15H16ClN3O2/c1-9-14(10(2)18-15(17-9)21-3)19-13(20)8-11-6-4-5-7-12(11)16/h4-7H,8H2,1-3H3,(H,19,20). The number of anilines is 1. The van der Waals surface area contributed by atoms with Crippen LogP contribution in [0.3, 0.4) is 0 Å². The molecule has 0 aliphatic carbocycles. The normalized spacial score (nSPS) is 10.3. The Morgan fingerprint density at radius 1 is 1.24 bits per heavy atom. The molecule has 0 aliphatic rings. The van der Waals surface area contributed by atoms with Gasteiger partial charge in [-0.1, -0.05) is 29.8 Å². The van der Waals surface area contributed by atoms with E-state index in [0.717, 1.165) is 5.56 Å². The summed E-state index contributed by atoms with van der Waals surface area (Å²) in [6.07, 6.45) is 0.199. The van der Waals surface area contributed by atoms with Crippen molar-refractivity contribution in [2.45, 2.75) is 20.3 Å². The van der Waals surface area contributed by atoms with Gasteiger partial charge in [-0.25, -0.2) is 0 Å². The highest BCUT2D eigenvalue weighted by Crippen LogP contribution is 2.21. The van der Waals surface area contributed by atoms with E-state index < -0.39 is 0 Å². The second kappa shape index (κ2) is 6.54. The van der Waals surface area contributed by atoms with Gasteiger partial charge in [0.05, 0.1) is 30.6 Å². The molecule has 2 rings (SSSR count). The lowest BCUT2D eigenvalue weighted by Crippen LogP contribution is -2.17. The Kier molecular flexibility index (Phi) is 4.75. The summed E-state index contributed by atoms with van der Waals surface area (Å²) in [7, 11) is 1.50. The van der Waals surface area contributed by atoms with Crippen molar-refractivity contribution in [2.75, 3.05) is 12.4 Å². The molecule has 0 saturated carbocycles. The van der Waals surface area contributed by atoms with Crippen LogP contribution in [0, 0.1) is 13.8 Å². The Hall–Kier alpha value is -2.14. The third-order valence-electron chi connectivity index (χ3n) is 3.01.